The highest BCUT2D eigenvalue weighted by Crippen LogP contribution is 2.25. The fraction of sp³-hybridized carbons (Fsp3) is 0.368. The van der Waals surface area contributed by atoms with Crippen molar-refractivity contribution in [3.8, 4) is 5.75 Å². The van der Waals surface area contributed by atoms with Gasteiger partial charge in [-0.3, -0.25) is 0 Å². The minimum absolute atomic E-state index is 0.384. The minimum atomic E-state index is 0.384. The van der Waals surface area contributed by atoms with E-state index in [4.69, 9.17) is 9.94 Å². The Hall–Kier alpha value is -2.04. The molecule has 4 heteroatoms. The molecule has 2 aromatic rings. The average Bonchev–Trinajstić information content (AvgIpc) is 2.60. The van der Waals surface area contributed by atoms with E-state index < -0.39 is 0 Å². The fourth-order valence-electron chi connectivity index (χ4n) is 2.96. The largest absolute Gasteiger partial charge is 0.490 e. The highest BCUT2D eigenvalue weighted by atomic mass is 16.5. The Morgan fingerprint density at radius 2 is 1.48 bits per heavy atom. The van der Waals surface area contributed by atoms with Crippen molar-refractivity contribution >= 4 is 11.4 Å². The molecule has 0 atom stereocenters. The second kappa shape index (κ2) is 7.99. The third kappa shape index (κ3) is 4.71. The van der Waals surface area contributed by atoms with Gasteiger partial charge in [0.2, 0.25) is 0 Å². The molecular weight excluding hydrogens is 288 g/mol. The highest BCUT2D eigenvalue weighted by molar-refractivity contribution is 5.60. The molecule has 0 unspecified atom stereocenters. The van der Waals surface area contributed by atoms with E-state index in [9.17, 15) is 0 Å². The Bertz CT molecular complexity index is 590. The van der Waals surface area contributed by atoms with Gasteiger partial charge in [-0.15, -0.1) is 0 Å². The standard InChI is InChI=1S/C19H24N2O2/c22-20-14-15-6-8-16(9-7-15)21-17-10-12-19(13-11-17)23-18-4-2-1-3-5-18/h6-13,18,20-22H,1-5,14H2. The number of benzene rings is 2. The van der Waals surface area contributed by atoms with Crippen molar-refractivity contribution in [1.29, 1.82) is 0 Å². The van der Waals surface area contributed by atoms with Gasteiger partial charge < -0.3 is 15.3 Å². The summed E-state index contributed by atoms with van der Waals surface area (Å²) in [4.78, 5) is 0. The molecule has 0 saturated heterocycles. The predicted octanol–water partition coefficient (Wildman–Crippen LogP) is 4.62. The molecule has 122 valence electrons. The molecule has 0 aliphatic heterocycles. The number of hydrogen-bond acceptors (Lipinski definition) is 4. The monoisotopic (exact) mass is 312 g/mol. The number of rotatable bonds is 6. The maximum absolute atomic E-state index is 8.69. The molecule has 0 bridgehead atoms. The number of hydrogen-bond donors (Lipinski definition) is 3. The summed E-state index contributed by atoms with van der Waals surface area (Å²) < 4.78 is 6.04. The first-order valence-corrected chi connectivity index (χ1v) is 8.33. The summed E-state index contributed by atoms with van der Waals surface area (Å²) in [5.41, 5.74) is 5.25. The molecule has 1 saturated carbocycles. The van der Waals surface area contributed by atoms with Crippen LogP contribution < -0.4 is 15.5 Å². The Morgan fingerprint density at radius 3 is 2.09 bits per heavy atom. The Kier molecular flexibility index (Phi) is 5.51. The molecule has 0 amide bonds. The maximum atomic E-state index is 8.69. The minimum Gasteiger partial charge on any atom is -0.490 e. The van der Waals surface area contributed by atoms with Crippen LogP contribution in [0.25, 0.3) is 0 Å². The molecule has 0 spiro atoms. The van der Waals surface area contributed by atoms with E-state index in [0.29, 0.717) is 12.6 Å². The third-order valence-corrected chi connectivity index (χ3v) is 4.24. The van der Waals surface area contributed by atoms with Crippen molar-refractivity contribution in [2.75, 3.05) is 5.32 Å². The van der Waals surface area contributed by atoms with Crippen LogP contribution in [0, 0.1) is 0 Å². The second-order valence-electron chi connectivity index (χ2n) is 6.06. The van der Waals surface area contributed by atoms with Crippen molar-refractivity contribution in [1.82, 2.24) is 5.48 Å². The molecule has 1 fully saturated rings. The zero-order valence-electron chi connectivity index (χ0n) is 13.3. The van der Waals surface area contributed by atoms with Crippen LogP contribution in [0.15, 0.2) is 48.5 Å². The maximum Gasteiger partial charge on any atom is 0.119 e. The molecule has 3 rings (SSSR count). The van der Waals surface area contributed by atoms with E-state index in [-0.39, 0.29) is 0 Å². The molecule has 0 radical (unpaired) electrons. The van der Waals surface area contributed by atoms with Crippen LogP contribution in [0.4, 0.5) is 11.4 Å². The van der Waals surface area contributed by atoms with Crippen molar-refractivity contribution in [3.63, 3.8) is 0 Å². The molecule has 23 heavy (non-hydrogen) atoms. The van der Waals surface area contributed by atoms with E-state index in [1.54, 1.807) is 0 Å². The van der Waals surface area contributed by atoms with Crippen molar-refractivity contribution in [3.05, 3.63) is 54.1 Å². The SMILES string of the molecule is ONCc1ccc(Nc2ccc(OC3CCCCC3)cc2)cc1. The number of hydroxylamine groups is 1. The van der Waals surface area contributed by atoms with Crippen LogP contribution >= 0.6 is 0 Å². The topological polar surface area (TPSA) is 53.5 Å². The van der Waals surface area contributed by atoms with Gasteiger partial charge >= 0.3 is 0 Å². The number of ether oxygens (including phenoxy) is 1. The molecule has 0 aromatic heterocycles. The first kappa shape index (κ1) is 15.8. The third-order valence-electron chi connectivity index (χ3n) is 4.24. The summed E-state index contributed by atoms with van der Waals surface area (Å²) in [6.45, 7) is 0.452. The van der Waals surface area contributed by atoms with Crippen molar-refractivity contribution in [2.45, 2.75) is 44.8 Å². The van der Waals surface area contributed by atoms with E-state index in [2.05, 4.69) is 10.8 Å². The van der Waals surface area contributed by atoms with Gasteiger partial charge in [-0.25, -0.2) is 5.48 Å². The van der Waals surface area contributed by atoms with Crippen LogP contribution in [-0.4, -0.2) is 11.3 Å². The first-order valence-electron chi connectivity index (χ1n) is 8.33. The van der Waals surface area contributed by atoms with Crippen molar-refractivity contribution in [2.24, 2.45) is 0 Å². The zero-order valence-corrected chi connectivity index (χ0v) is 13.3. The zero-order chi connectivity index (χ0) is 15.9. The first-order chi connectivity index (χ1) is 11.3. The van der Waals surface area contributed by atoms with E-state index in [0.717, 1.165) is 22.7 Å². The van der Waals surface area contributed by atoms with Gasteiger partial charge in [0.1, 0.15) is 5.75 Å². The lowest BCUT2D eigenvalue weighted by Crippen LogP contribution is -2.19. The number of nitrogens with one attached hydrogen (secondary N) is 2. The summed E-state index contributed by atoms with van der Waals surface area (Å²) in [5, 5.41) is 12.1. The fourth-order valence-corrected chi connectivity index (χ4v) is 2.96. The molecule has 0 heterocycles. The van der Waals surface area contributed by atoms with Gasteiger partial charge in [0.15, 0.2) is 0 Å². The average molecular weight is 312 g/mol. The van der Waals surface area contributed by atoms with Crippen LogP contribution in [-0.2, 0) is 6.54 Å². The predicted molar refractivity (Wildman–Crippen MR) is 92.3 cm³/mol. The molecule has 1 aliphatic rings. The van der Waals surface area contributed by atoms with Gasteiger partial charge in [-0.1, -0.05) is 18.6 Å². The molecule has 3 N–H and O–H groups in total. The normalized spacial score (nSPS) is 15.3. The summed E-state index contributed by atoms with van der Waals surface area (Å²) in [5.74, 6) is 0.951. The Balaban J connectivity index is 1.56. The van der Waals surface area contributed by atoms with Crippen LogP contribution in [0.2, 0.25) is 0 Å². The summed E-state index contributed by atoms with van der Waals surface area (Å²) in [6, 6.07) is 16.1. The molecular formula is C19H24N2O2. The summed E-state index contributed by atoms with van der Waals surface area (Å²) >= 11 is 0. The lowest BCUT2D eigenvalue weighted by atomic mass is 9.98. The second-order valence-corrected chi connectivity index (χ2v) is 6.06. The quantitative estimate of drug-likeness (QED) is 0.681. The lowest BCUT2D eigenvalue weighted by molar-refractivity contribution is 0.155. The molecule has 1 aliphatic carbocycles. The summed E-state index contributed by atoms with van der Waals surface area (Å²) in [6.07, 6.45) is 6.65. The smallest absolute Gasteiger partial charge is 0.119 e. The van der Waals surface area contributed by atoms with Crippen LogP contribution in [0.1, 0.15) is 37.7 Å². The molecule has 2 aromatic carbocycles. The van der Waals surface area contributed by atoms with E-state index in [1.807, 2.05) is 48.5 Å². The molecule has 4 nitrogen and oxygen atoms in total. The lowest BCUT2D eigenvalue weighted by Gasteiger charge is -2.23. The van der Waals surface area contributed by atoms with Crippen LogP contribution in [0.5, 0.6) is 5.75 Å². The van der Waals surface area contributed by atoms with E-state index in [1.165, 1.54) is 32.1 Å². The van der Waals surface area contributed by atoms with E-state index >= 15 is 0 Å². The Morgan fingerprint density at radius 1 is 0.870 bits per heavy atom. The number of anilines is 2. The summed E-state index contributed by atoms with van der Waals surface area (Å²) in [7, 11) is 0. The van der Waals surface area contributed by atoms with Gasteiger partial charge in [-0.2, -0.15) is 0 Å². The van der Waals surface area contributed by atoms with Gasteiger partial charge in [0, 0.05) is 17.9 Å². The van der Waals surface area contributed by atoms with Gasteiger partial charge in [0.25, 0.3) is 0 Å². The van der Waals surface area contributed by atoms with Gasteiger partial charge in [-0.05, 0) is 67.6 Å². The Labute approximate surface area is 137 Å². The highest BCUT2D eigenvalue weighted by Gasteiger charge is 2.14. The van der Waals surface area contributed by atoms with Gasteiger partial charge in [0.05, 0.1) is 6.10 Å². The van der Waals surface area contributed by atoms with Crippen LogP contribution in [0.3, 0.4) is 0 Å². The van der Waals surface area contributed by atoms with Crippen molar-refractivity contribution < 1.29 is 9.94 Å².